The monoisotopic (exact) mass is 476 g/mol. The van der Waals surface area contributed by atoms with Crippen molar-refractivity contribution in [2.45, 2.75) is 17.7 Å². The molecule has 162 valence electrons. The number of nitrogens with zero attached hydrogens (tertiary/aromatic N) is 3. The van der Waals surface area contributed by atoms with E-state index in [2.05, 4.69) is 10.3 Å². The molecule has 1 N–H and O–H groups in total. The van der Waals surface area contributed by atoms with Crippen LogP contribution in [-0.4, -0.2) is 61.2 Å². The zero-order valence-electron chi connectivity index (χ0n) is 16.7. The zero-order chi connectivity index (χ0) is 21.6. The van der Waals surface area contributed by atoms with Crippen LogP contribution in [0, 0.1) is 0 Å². The van der Waals surface area contributed by atoms with E-state index in [4.69, 9.17) is 11.6 Å². The highest BCUT2D eigenvalue weighted by molar-refractivity contribution is 7.89. The Morgan fingerprint density at radius 1 is 1.06 bits per heavy atom. The summed E-state index contributed by atoms with van der Waals surface area (Å²) in [6.45, 7) is 2.09. The number of sulfonamides is 1. The molecule has 1 saturated heterocycles. The van der Waals surface area contributed by atoms with E-state index in [0.29, 0.717) is 23.1 Å². The Bertz CT molecular complexity index is 1240. The Kier molecular flexibility index (Phi) is 5.37. The molecular weight excluding hydrogens is 456 g/mol. The average molecular weight is 477 g/mol. The second-order valence-corrected chi connectivity index (χ2v) is 11.1. The maximum absolute atomic E-state index is 13.2. The molecule has 0 atom stereocenters. The highest BCUT2D eigenvalue weighted by atomic mass is 35.5. The van der Waals surface area contributed by atoms with Crippen molar-refractivity contribution in [3.8, 4) is 0 Å². The van der Waals surface area contributed by atoms with Crippen molar-refractivity contribution in [2.75, 3.05) is 38.0 Å². The highest BCUT2D eigenvalue weighted by Gasteiger charge is 2.32. The molecule has 7 nitrogen and oxygen atoms in total. The molecule has 0 aliphatic carbocycles. The maximum atomic E-state index is 13.2. The summed E-state index contributed by atoms with van der Waals surface area (Å²) in [6.07, 6.45) is 1.98. The number of aromatic nitrogens is 1. The van der Waals surface area contributed by atoms with Crippen molar-refractivity contribution < 1.29 is 13.2 Å². The van der Waals surface area contributed by atoms with Gasteiger partial charge in [0.2, 0.25) is 10.0 Å². The fraction of sp³-hybridized carbons (Fsp3) is 0.333. The van der Waals surface area contributed by atoms with Gasteiger partial charge in [-0.3, -0.25) is 4.79 Å². The number of carbonyl (C=O) groups is 1. The van der Waals surface area contributed by atoms with Gasteiger partial charge in [0.05, 0.1) is 4.90 Å². The third-order valence-electron chi connectivity index (χ3n) is 5.69. The normalized spacial score (nSPS) is 17.4. The maximum Gasteiger partial charge on any atom is 0.283 e. The van der Waals surface area contributed by atoms with Crippen LogP contribution in [0.5, 0.6) is 0 Å². The molecule has 0 bridgehead atoms. The molecule has 10 heteroatoms. The number of nitrogens with one attached hydrogen (secondary N) is 1. The van der Waals surface area contributed by atoms with Gasteiger partial charge < -0.3 is 10.2 Å². The topological polar surface area (TPSA) is 82.6 Å². The first kappa shape index (κ1) is 20.7. The molecule has 1 aromatic heterocycles. The minimum Gasteiger partial charge on any atom is -0.369 e. The lowest BCUT2D eigenvalue weighted by Crippen LogP contribution is -2.50. The molecule has 1 amide bonds. The standard InChI is InChI=1S/C21H21ClN4O3S2/c22-16-5-3-15-13-17(6-4-14(15)12-16)31(28,29)26-10-8-25(9-11-26)21(27)20-24-19-18(30-20)2-1-7-23-19/h3-6,12-13,23H,1-2,7-11H2. The van der Waals surface area contributed by atoms with Crippen molar-refractivity contribution >= 4 is 55.5 Å². The number of fused-ring (bicyclic) bond motifs is 2. The summed E-state index contributed by atoms with van der Waals surface area (Å²) in [4.78, 5) is 20.4. The number of anilines is 1. The van der Waals surface area contributed by atoms with Crippen molar-refractivity contribution in [3.63, 3.8) is 0 Å². The number of halogens is 1. The number of carbonyl (C=O) groups excluding carboxylic acids is 1. The molecule has 3 heterocycles. The third-order valence-corrected chi connectivity index (χ3v) is 8.92. The lowest BCUT2D eigenvalue weighted by Gasteiger charge is -2.33. The van der Waals surface area contributed by atoms with Crippen molar-refractivity contribution in [1.29, 1.82) is 0 Å². The largest absolute Gasteiger partial charge is 0.369 e. The molecule has 5 rings (SSSR count). The van der Waals surface area contributed by atoms with Gasteiger partial charge in [-0.15, -0.1) is 11.3 Å². The molecule has 2 aromatic carbocycles. The average Bonchev–Trinajstić information content (AvgIpc) is 3.22. The first-order valence-electron chi connectivity index (χ1n) is 10.1. The van der Waals surface area contributed by atoms with Crippen molar-refractivity contribution in [1.82, 2.24) is 14.2 Å². The van der Waals surface area contributed by atoms with E-state index >= 15 is 0 Å². The van der Waals surface area contributed by atoms with Crippen LogP contribution in [0.3, 0.4) is 0 Å². The Labute approximate surface area is 189 Å². The quantitative estimate of drug-likeness (QED) is 0.626. The number of hydrogen-bond acceptors (Lipinski definition) is 6. The van der Waals surface area contributed by atoms with Gasteiger partial charge in [0.1, 0.15) is 5.82 Å². The van der Waals surface area contributed by atoms with Crippen LogP contribution < -0.4 is 5.32 Å². The Hall–Kier alpha value is -2.20. The molecule has 0 unspecified atom stereocenters. The third kappa shape index (κ3) is 3.91. The molecule has 0 spiro atoms. The summed E-state index contributed by atoms with van der Waals surface area (Å²) in [7, 11) is -3.64. The van der Waals surface area contributed by atoms with Gasteiger partial charge in [-0.05, 0) is 47.9 Å². The summed E-state index contributed by atoms with van der Waals surface area (Å²) < 4.78 is 27.8. The van der Waals surface area contributed by atoms with Gasteiger partial charge >= 0.3 is 0 Å². The van der Waals surface area contributed by atoms with Gasteiger partial charge in [0, 0.05) is 42.6 Å². The fourth-order valence-electron chi connectivity index (χ4n) is 3.98. The van der Waals surface area contributed by atoms with Gasteiger partial charge in [-0.25, -0.2) is 13.4 Å². The zero-order valence-corrected chi connectivity index (χ0v) is 19.1. The van der Waals surface area contributed by atoms with Crippen LogP contribution >= 0.6 is 22.9 Å². The number of thiazole rings is 1. The van der Waals surface area contributed by atoms with E-state index in [0.717, 1.165) is 40.9 Å². The predicted octanol–water partition coefficient (Wildman–Crippen LogP) is 3.45. The number of benzene rings is 2. The van der Waals surface area contributed by atoms with E-state index in [1.165, 1.54) is 15.6 Å². The highest BCUT2D eigenvalue weighted by Crippen LogP contribution is 2.29. The summed E-state index contributed by atoms with van der Waals surface area (Å²) in [5.41, 5.74) is 0. The molecule has 0 saturated carbocycles. The Morgan fingerprint density at radius 3 is 2.58 bits per heavy atom. The predicted molar refractivity (Wildman–Crippen MR) is 123 cm³/mol. The summed E-state index contributed by atoms with van der Waals surface area (Å²) >= 11 is 7.45. The van der Waals surface area contributed by atoms with Crippen molar-refractivity contribution in [2.24, 2.45) is 0 Å². The summed E-state index contributed by atoms with van der Waals surface area (Å²) in [5, 5.41) is 6.03. The molecule has 31 heavy (non-hydrogen) atoms. The van der Waals surface area contributed by atoms with Gasteiger partial charge in [-0.2, -0.15) is 4.31 Å². The van der Waals surface area contributed by atoms with E-state index in [-0.39, 0.29) is 23.9 Å². The van der Waals surface area contributed by atoms with Crippen LogP contribution in [0.4, 0.5) is 5.82 Å². The van der Waals surface area contributed by atoms with Crippen LogP contribution in [-0.2, 0) is 16.4 Å². The number of piperazine rings is 1. The Morgan fingerprint density at radius 2 is 1.81 bits per heavy atom. The van der Waals surface area contributed by atoms with Gasteiger partial charge in [0.15, 0.2) is 5.01 Å². The number of rotatable bonds is 3. The lowest BCUT2D eigenvalue weighted by atomic mass is 10.1. The van der Waals surface area contributed by atoms with E-state index in [9.17, 15) is 13.2 Å². The molecule has 3 aromatic rings. The molecule has 2 aliphatic rings. The number of hydrogen-bond donors (Lipinski definition) is 1. The first-order valence-corrected chi connectivity index (χ1v) is 12.8. The van der Waals surface area contributed by atoms with Crippen LogP contribution in [0.1, 0.15) is 21.1 Å². The Balaban J connectivity index is 1.30. The van der Waals surface area contributed by atoms with Gasteiger partial charge in [0.25, 0.3) is 5.91 Å². The number of aryl methyl sites for hydroxylation is 1. The van der Waals surface area contributed by atoms with E-state index in [1.54, 1.807) is 29.2 Å². The number of amides is 1. The first-order chi connectivity index (χ1) is 14.9. The second kappa shape index (κ2) is 8.05. The van der Waals surface area contributed by atoms with E-state index < -0.39 is 10.0 Å². The summed E-state index contributed by atoms with van der Waals surface area (Å²) in [6, 6.07) is 10.4. The SMILES string of the molecule is O=C(c1nc2c(s1)CCCN2)N1CCN(S(=O)(=O)c2ccc3cc(Cl)ccc3c2)CC1. The van der Waals surface area contributed by atoms with Crippen LogP contribution in [0.25, 0.3) is 10.8 Å². The van der Waals surface area contributed by atoms with Crippen LogP contribution in [0.2, 0.25) is 5.02 Å². The lowest BCUT2D eigenvalue weighted by molar-refractivity contribution is 0.0697. The van der Waals surface area contributed by atoms with Crippen LogP contribution in [0.15, 0.2) is 41.3 Å². The minimum absolute atomic E-state index is 0.124. The van der Waals surface area contributed by atoms with Crippen molar-refractivity contribution in [3.05, 3.63) is 51.3 Å². The molecule has 2 aliphatic heterocycles. The van der Waals surface area contributed by atoms with E-state index in [1.807, 2.05) is 12.1 Å². The minimum atomic E-state index is -3.64. The molecule has 0 radical (unpaired) electrons. The molecular formula is C21H21ClN4O3S2. The fourth-order valence-corrected chi connectivity index (χ4v) is 6.66. The molecule has 1 fully saturated rings. The second-order valence-electron chi connectivity index (χ2n) is 7.67. The summed E-state index contributed by atoms with van der Waals surface area (Å²) in [5.74, 6) is 0.694. The van der Waals surface area contributed by atoms with Gasteiger partial charge in [-0.1, -0.05) is 23.7 Å². The smallest absolute Gasteiger partial charge is 0.283 e.